The molecule has 0 saturated heterocycles. The van der Waals surface area contributed by atoms with E-state index in [0.717, 1.165) is 0 Å². The monoisotopic (exact) mass is 334 g/mol. The number of esters is 2. The molecule has 0 aromatic heterocycles. The van der Waals surface area contributed by atoms with Crippen molar-refractivity contribution in [3.63, 3.8) is 0 Å². The maximum Gasteiger partial charge on any atom is 0.343 e. The highest BCUT2D eigenvalue weighted by atomic mass is 16.6. The van der Waals surface area contributed by atoms with Crippen molar-refractivity contribution < 1.29 is 28.6 Å². The summed E-state index contributed by atoms with van der Waals surface area (Å²) < 4.78 is 14.5. The van der Waals surface area contributed by atoms with Crippen LogP contribution in [0, 0.1) is 0 Å². The lowest BCUT2D eigenvalue weighted by molar-refractivity contribution is -0.143. The zero-order valence-corrected chi connectivity index (χ0v) is 13.5. The number of nitrogens with one attached hydrogen (secondary N) is 2. The van der Waals surface area contributed by atoms with E-state index in [9.17, 15) is 14.4 Å². The van der Waals surface area contributed by atoms with Crippen molar-refractivity contribution in [2.75, 3.05) is 20.8 Å². The molecule has 0 spiro atoms. The predicted octanol–water partition coefficient (Wildman–Crippen LogP) is 1.04. The van der Waals surface area contributed by atoms with Gasteiger partial charge >= 0.3 is 18.0 Å². The average Bonchev–Trinajstić information content (AvgIpc) is 2.58. The molecule has 2 amide bonds. The number of hydrogen-bond acceptors (Lipinski definition) is 6. The summed E-state index contributed by atoms with van der Waals surface area (Å²) in [5.41, 5.74) is 1.43. The SMILES string of the molecule is COC(=O)COc1ccc([C@H]2NC(=O)NC(C)=C2C(=O)OC)cc1. The zero-order valence-electron chi connectivity index (χ0n) is 13.5. The fourth-order valence-electron chi connectivity index (χ4n) is 2.28. The smallest absolute Gasteiger partial charge is 0.343 e. The molecule has 1 aromatic rings. The zero-order chi connectivity index (χ0) is 17.7. The van der Waals surface area contributed by atoms with E-state index < -0.39 is 24.0 Å². The number of urea groups is 1. The molecule has 1 aromatic carbocycles. The molecule has 1 atom stereocenters. The van der Waals surface area contributed by atoms with Crippen molar-refractivity contribution in [1.82, 2.24) is 10.6 Å². The third-order valence-corrected chi connectivity index (χ3v) is 3.47. The Balaban J connectivity index is 2.22. The summed E-state index contributed by atoms with van der Waals surface area (Å²) in [4.78, 5) is 34.8. The van der Waals surface area contributed by atoms with E-state index >= 15 is 0 Å². The van der Waals surface area contributed by atoms with E-state index in [-0.39, 0.29) is 6.61 Å². The van der Waals surface area contributed by atoms with Crippen molar-refractivity contribution in [2.45, 2.75) is 13.0 Å². The summed E-state index contributed by atoms with van der Waals surface area (Å²) in [6.07, 6.45) is 0. The second-order valence-corrected chi connectivity index (χ2v) is 5.00. The molecular weight excluding hydrogens is 316 g/mol. The number of rotatable bonds is 5. The van der Waals surface area contributed by atoms with Crippen LogP contribution in [0.25, 0.3) is 0 Å². The minimum Gasteiger partial charge on any atom is -0.482 e. The first-order valence-corrected chi connectivity index (χ1v) is 7.12. The Bertz CT molecular complexity index is 680. The van der Waals surface area contributed by atoms with E-state index in [1.54, 1.807) is 31.2 Å². The van der Waals surface area contributed by atoms with Gasteiger partial charge in [0.05, 0.1) is 25.8 Å². The molecule has 24 heavy (non-hydrogen) atoms. The predicted molar refractivity (Wildman–Crippen MR) is 83.1 cm³/mol. The van der Waals surface area contributed by atoms with Gasteiger partial charge in [-0.2, -0.15) is 0 Å². The summed E-state index contributed by atoms with van der Waals surface area (Å²) in [5, 5.41) is 5.23. The van der Waals surface area contributed by atoms with Crippen LogP contribution in [0.15, 0.2) is 35.5 Å². The van der Waals surface area contributed by atoms with Crippen LogP contribution in [0.5, 0.6) is 5.75 Å². The standard InChI is InChI=1S/C16H18N2O6/c1-9-13(15(20)23-3)14(18-16(21)17-9)10-4-6-11(7-5-10)24-8-12(19)22-2/h4-7,14H,8H2,1-3H3,(H2,17,18,21)/t14-/m1/s1. The second-order valence-electron chi connectivity index (χ2n) is 5.00. The number of ether oxygens (including phenoxy) is 3. The van der Waals surface area contributed by atoms with Crippen molar-refractivity contribution >= 4 is 18.0 Å². The lowest BCUT2D eigenvalue weighted by atomic mass is 9.95. The molecule has 0 aliphatic carbocycles. The van der Waals surface area contributed by atoms with Gasteiger partial charge in [0, 0.05) is 5.70 Å². The fraction of sp³-hybridized carbons (Fsp3) is 0.312. The van der Waals surface area contributed by atoms with Crippen LogP contribution in [-0.4, -0.2) is 38.8 Å². The van der Waals surface area contributed by atoms with Gasteiger partial charge in [0.15, 0.2) is 6.61 Å². The van der Waals surface area contributed by atoms with Crippen LogP contribution < -0.4 is 15.4 Å². The number of allylic oxidation sites excluding steroid dienone is 1. The van der Waals surface area contributed by atoms with E-state index in [0.29, 0.717) is 22.6 Å². The summed E-state index contributed by atoms with van der Waals surface area (Å²) >= 11 is 0. The largest absolute Gasteiger partial charge is 0.482 e. The number of methoxy groups -OCH3 is 2. The Morgan fingerprint density at radius 2 is 1.79 bits per heavy atom. The highest BCUT2D eigenvalue weighted by molar-refractivity contribution is 5.94. The quantitative estimate of drug-likeness (QED) is 0.780. The van der Waals surface area contributed by atoms with Crippen LogP contribution in [0.4, 0.5) is 4.79 Å². The van der Waals surface area contributed by atoms with Crippen molar-refractivity contribution in [3.8, 4) is 5.75 Å². The highest BCUT2D eigenvalue weighted by Gasteiger charge is 2.31. The summed E-state index contributed by atoms with van der Waals surface area (Å²) in [6.45, 7) is 1.43. The van der Waals surface area contributed by atoms with Gasteiger partial charge in [-0.1, -0.05) is 12.1 Å². The normalized spacial score (nSPS) is 16.8. The molecule has 0 bridgehead atoms. The molecule has 1 heterocycles. The molecule has 0 unspecified atom stereocenters. The van der Waals surface area contributed by atoms with Crippen LogP contribution in [0.3, 0.4) is 0 Å². The topological polar surface area (TPSA) is 103 Å². The first kappa shape index (κ1) is 17.3. The Hall–Kier alpha value is -3.03. The van der Waals surface area contributed by atoms with Crippen LogP contribution >= 0.6 is 0 Å². The van der Waals surface area contributed by atoms with Gasteiger partial charge in [-0.05, 0) is 24.6 Å². The molecule has 8 nitrogen and oxygen atoms in total. The highest BCUT2D eigenvalue weighted by Crippen LogP contribution is 2.28. The van der Waals surface area contributed by atoms with Crippen LogP contribution in [0.1, 0.15) is 18.5 Å². The second kappa shape index (κ2) is 7.49. The molecule has 2 N–H and O–H groups in total. The van der Waals surface area contributed by atoms with E-state index in [1.165, 1.54) is 14.2 Å². The summed E-state index contributed by atoms with van der Waals surface area (Å²) in [6, 6.07) is 5.61. The Kier molecular flexibility index (Phi) is 5.41. The fourth-order valence-corrected chi connectivity index (χ4v) is 2.28. The molecule has 1 aliphatic rings. The van der Waals surface area contributed by atoms with Crippen LogP contribution in [0.2, 0.25) is 0 Å². The van der Waals surface area contributed by atoms with E-state index in [4.69, 9.17) is 9.47 Å². The molecule has 8 heteroatoms. The molecule has 2 rings (SSSR count). The average molecular weight is 334 g/mol. The van der Waals surface area contributed by atoms with Gasteiger partial charge in [-0.15, -0.1) is 0 Å². The third kappa shape index (κ3) is 3.83. The minimum absolute atomic E-state index is 0.202. The Morgan fingerprint density at radius 1 is 1.12 bits per heavy atom. The minimum atomic E-state index is -0.638. The van der Waals surface area contributed by atoms with E-state index in [2.05, 4.69) is 15.4 Å². The van der Waals surface area contributed by atoms with Crippen molar-refractivity contribution in [2.24, 2.45) is 0 Å². The third-order valence-electron chi connectivity index (χ3n) is 3.47. The number of hydrogen-bond donors (Lipinski definition) is 2. The van der Waals surface area contributed by atoms with Gasteiger partial charge in [-0.3, -0.25) is 0 Å². The van der Waals surface area contributed by atoms with Crippen molar-refractivity contribution in [1.29, 1.82) is 0 Å². The van der Waals surface area contributed by atoms with Crippen molar-refractivity contribution in [3.05, 3.63) is 41.1 Å². The lowest BCUT2D eigenvalue weighted by Crippen LogP contribution is -2.45. The molecule has 1 aliphatic heterocycles. The number of benzene rings is 1. The van der Waals surface area contributed by atoms with Gasteiger partial charge < -0.3 is 24.8 Å². The molecular formula is C16H18N2O6. The Labute approximate surface area is 138 Å². The number of carbonyl (C=O) groups excluding carboxylic acids is 3. The summed E-state index contributed by atoms with van der Waals surface area (Å²) in [7, 11) is 2.55. The number of carbonyl (C=O) groups is 3. The maximum absolute atomic E-state index is 12.0. The van der Waals surface area contributed by atoms with Gasteiger partial charge in [0.25, 0.3) is 0 Å². The van der Waals surface area contributed by atoms with Crippen LogP contribution in [-0.2, 0) is 19.1 Å². The van der Waals surface area contributed by atoms with Gasteiger partial charge in [0.1, 0.15) is 5.75 Å². The van der Waals surface area contributed by atoms with E-state index in [1.807, 2.05) is 0 Å². The Morgan fingerprint density at radius 3 is 2.38 bits per heavy atom. The molecule has 0 radical (unpaired) electrons. The first-order chi connectivity index (χ1) is 11.5. The van der Waals surface area contributed by atoms with Gasteiger partial charge in [-0.25, -0.2) is 14.4 Å². The van der Waals surface area contributed by atoms with Gasteiger partial charge in [0.2, 0.25) is 0 Å². The number of amides is 2. The maximum atomic E-state index is 12.0. The summed E-state index contributed by atoms with van der Waals surface area (Å²) in [5.74, 6) is -0.558. The molecule has 0 saturated carbocycles. The molecule has 128 valence electrons. The molecule has 0 fully saturated rings. The first-order valence-electron chi connectivity index (χ1n) is 7.12. The lowest BCUT2D eigenvalue weighted by Gasteiger charge is -2.27.